The fourth-order valence-corrected chi connectivity index (χ4v) is 2.94. The number of hydrogen-bond donors (Lipinski definition) is 2. The van der Waals surface area contributed by atoms with Crippen molar-refractivity contribution in [2.75, 3.05) is 0 Å². The number of nitrogens with one attached hydrogen (secondary N) is 2. The van der Waals surface area contributed by atoms with E-state index >= 15 is 0 Å². The molecule has 4 rings (SSSR count). The summed E-state index contributed by atoms with van der Waals surface area (Å²) >= 11 is 0. The minimum atomic E-state index is 0.0728. The van der Waals surface area contributed by atoms with Crippen molar-refractivity contribution in [1.29, 1.82) is 0 Å². The fourth-order valence-electron chi connectivity index (χ4n) is 2.94. The molecule has 0 unspecified atom stereocenters. The molecule has 0 saturated heterocycles. The zero-order chi connectivity index (χ0) is 18.9. The van der Waals surface area contributed by atoms with Gasteiger partial charge in [-0.05, 0) is 23.1 Å². The summed E-state index contributed by atoms with van der Waals surface area (Å²) in [7, 11) is 0. The third kappa shape index (κ3) is 3.59. The number of pyridine rings is 1. The molecule has 136 valence electrons. The third-order valence-electron chi connectivity index (χ3n) is 4.20. The van der Waals surface area contributed by atoms with Crippen LogP contribution in [0, 0.1) is 0 Å². The van der Waals surface area contributed by atoms with Crippen LogP contribution in [0.1, 0.15) is 52.8 Å². The lowest BCUT2D eigenvalue weighted by atomic mass is 9.87. The van der Waals surface area contributed by atoms with Gasteiger partial charge in [0.1, 0.15) is 12.0 Å². The monoisotopic (exact) mass is 350 g/mol. The lowest BCUT2D eigenvalue weighted by Crippen LogP contribution is -2.13. The maximum atomic E-state index is 4.32. The number of hydrogen-bond acceptors (Lipinski definition) is 4. The van der Waals surface area contributed by atoms with E-state index in [0.29, 0.717) is 0 Å². The third-order valence-corrected chi connectivity index (χ3v) is 4.20. The molecule has 0 aromatic carbocycles. The van der Waals surface area contributed by atoms with Gasteiger partial charge in [0.2, 0.25) is 0 Å². The highest BCUT2D eigenvalue weighted by Crippen LogP contribution is 2.27. The molecule has 0 amide bonds. The smallest absolute Gasteiger partial charge is 0.177 e. The Balaban J connectivity index is 0.000000151. The maximum Gasteiger partial charge on any atom is 0.177 e. The van der Waals surface area contributed by atoms with Gasteiger partial charge in [0.05, 0.1) is 17.5 Å². The number of aromatic amines is 2. The number of fused-ring (bicyclic) bond motifs is 2. The number of imidazole rings is 1. The Kier molecular flexibility index (Phi) is 4.52. The van der Waals surface area contributed by atoms with Crippen LogP contribution in [-0.4, -0.2) is 29.9 Å². The van der Waals surface area contributed by atoms with Crippen LogP contribution in [0.5, 0.6) is 0 Å². The first-order valence-corrected chi connectivity index (χ1v) is 8.75. The molecule has 6 nitrogen and oxygen atoms in total. The first kappa shape index (κ1) is 18.0. The minimum Gasteiger partial charge on any atom is -0.346 e. The summed E-state index contributed by atoms with van der Waals surface area (Å²) in [6.07, 6.45) is 7.00. The van der Waals surface area contributed by atoms with E-state index in [-0.39, 0.29) is 10.8 Å². The van der Waals surface area contributed by atoms with Crippen molar-refractivity contribution < 1.29 is 0 Å². The van der Waals surface area contributed by atoms with Gasteiger partial charge < -0.3 is 9.97 Å². The molecule has 4 aromatic heterocycles. The number of H-pyrrole nitrogens is 2. The Labute approximate surface area is 153 Å². The average Bonchev–Trinajstić information content (AvgIpc) is 3.21. The fraction of sp³-hybridized carbons (Fsp3) is 0.400. The number of aromatic nitrogens is 6. The molecule has 0 bridgehead atoms. The quantitative estimate of drug-likeness (QED) is 0.489. The second-order valence-corrected chi connectivity index (χ2v) is 8.42. The van der Waals surface area contributed by atoms with Crippen LogP contribution in [0.4, 0.5) is 0 Å². The highest BCUT2D eigenvalue weighted by molar-refractivity contribution is 5.78. The van der Waals surface area contributed by atoms with Gasteiger partial charge >= 0.3 is 0 Å². The predicted molar refractivity (Wildman–Crippen MR) is 105 cm³/mol. The highest BCUT2D eigenvalue weighted by atomic mass is 14.9. The zero-order valence-electron chi connectivity index (χ0n) is 16.3. The zero-order valence-corrected chi connectivity index (χ0v) is 16.3. The van der Waals surface area contributed by atoms with E-state index in [1.807, 2.05) is 24.5 Å². The van der Waals surface area contributed by atoms with Gasteiger partial charge in [-0.25, -0.2) is 19.9 Å². The molecule has 0 aliphatic heterocycles. The molecule has 0 saturated carbocycles. The molecular formula is C20H26N6. The maximum absolute atomic E-state index is 4.32. The van der Waals surface area contributed by atoms with Crippen LogP contribution in [0.3, 0.4) is 0 Å². The van der Waals surface area contributed by atoms with Crippen LogP contribution < -0.4 is 0 Å². The summed E-state index contributed by atoms with van der Waals surface area (Å²) in [6, 6.07) is 4.07. The SMILES string of the molecule is CC(C)(C)c1ccnc2nc[nH]c12.CC(C)(C)c1ncnc2[nH]ccc12. The Morgan fingerprint density at radius 1 is 0.808 bits per heavy atom. The molecule has 0 aliphatic rings. The predicted octanol–water partition coefficient (Wildman–Crippen LogP) is 4.51. The molecular weight excluding hydrogens is 324 g/mol. The van der Waals surface area contributed by atoms with E-state index in [4.69, 9.17) is 0 Å². The lowest BCUT2D eigenvalue weighted by Gasteiger charge is -2.18. The van der Waals surface area contributed by atoms with Crippen LogP contribution in [0.2, 0.25) is 0 Å². The normalized spacial score (nSPS) is 12.2. The van der Waals surface area contributed by atoms with Crippen LogP contribution >= 0.6 is 0 Å². The molecule has 0 atom stereocenters. The molecule has 0 radical (unpaired) electrons. The van der Waals surface area contributed by atoms with Crippen molar-refractivity contribution in [3.8, 4) is 0 Å². The van der Waals surface area contributed by atoms with Gasteiger partial charge in [0, 0.05) is 23.2 Å². The van der Waals surface area contributed by atoms with E-state index in [1.165, 1.54) is 5.56 Å². The summed E-state index contributed by atoms with van der Waals surface area (Å²) in [6.45, 7) is 13.0. The van der Waals surface area contributed by atoms with E-state index in [1.54, 1.807) is 12.7 Å². The number of rotatable bonds is 0. The van der Waals surface area contributed by atoms with Gasteiger partial charge in [0.15, 0.2) is 5.65 Å². The topological polar surface area (TPSA) is 83.1 Å². The molecule has 0 spiro atoms. The van der Waals surface area contributed by atoms with E-state index in [0.717, 1.165) is 27.9 Å². The second kappa shape index (κ2) is 6.52. The first-order chi connectivity index (χ1) is 12.2. The molecule has 0 fully saturated rings. The first-order valence-electron chi connectivity index (χ1n) is 8.75. The lowest BCUT2D eigenvalue weighted by molar-refractivity contribution is 0.574. The summed E-state index contributed by atoms with van der Waals surface area (Å²) < 4.78 is 0. The standard InChI is InChI=1S/2C10H13N3/c1-10(2,3)7-4-5-11-9-8(7)12-6-13-9;1-10(2,3)8-7-4-5-11-9(7)13-6-12-8/h2*4-6H,1-3H3,(H,11,12,13). The summed E-state index contributed by atoms with van der Waals surface area (Å²) in [5.41, 5.74) is 5.33. The van der Waals surface area contributed by atoms with Gasteiger partial charge in [-0.15, -0.1) is 0 Å². The Hall–Kier alpha value is -2.76. The summed E-state index contributed by atoms with van der Waals surface area (Å²) in [4.78, 5) is 23.0. The van der Waals surface area contributed by atoms with Gasteiger partial charge in [-0.1, -0.05) is 41.5 Å². The van der Waals surface area contributed by atoms with Crippen molar-refractivity contribution in [3.63, 3.8) is 0 Å². The van der Waals surface area contributed by atoms with E-state index < -0.39 is 0 Å². The van der Waals surface area contributed by atoms with Gasteiger partial charge in [-0.2, -0.15) is 0 Å². The van der Waals surface area contributed by atoms with Crippen LogP contribution in [-0.2, 0) is 10.8 Å². The Morgan fingerprint density at radius 3 is 2.27 bits per heavy atom. The molecule has 0 aliphatic carbocycles. The van der Waals surface area contributed by atoms with Crippen molar-refractivity contribution in [1.82, 2.24) is 29.9 Å². The molecule has 26 heavy (non-hydrogen) atoms. The molecule has 2 N–H and O–H groups in total. The van der Waals surface area contributed by atoms with E-state index in [2.05, 4.69) is 71.4 Å². The minimum absolute atomic E-state index is 0.0728. The summed E-state index contributed by atoms with van der Waals surface area (Å²) in [5, 5.41) is 1.12. The van der Waals surface area contributed by atoms with Crippen molar-refractivity contribution in [3.05, 3.63) is 48.4 Å². The highest BCUT2D eigenvalue weighted by Gasteiger charge is 2.19. The van der Waals surface area contributed by atoms with E-state index in [9.17, 15) is 0 Å². The van der Waals surface area contributed by atoms with Crippen molar-refractivity contribution in [2.45, 2.75) is 52.4 Å². The Morgan fingerprint density at radius 2 is 1.58 bits per heavy atom. The molecule has 4 heterocycles. The molecule has 4 aromatic rings. The second-order valence-electron chi connectivity index (χ2n) is 8.42. The largest absolute Gasteiger partial charge is 0.346 e. The number of nitrogens with zero attached hydrogens (tertiary/aromatic N) is 4. The van der Waals surface area contributed by atoms with Gasteiger partial charge in [0.25, 0.3) is 0 Å². The average molecular weight is 350 g/mol. The summed E-state index contributed by atoms with van der Waals surface area (Å²) in [5.74, 6) is 0. The van der Waals surface area contributed by atoms with Crippen molar-refractivity contribution in [2.24, 2.45) is 0 Å². The Bertz CT molecular complexity index is 930. The van der Waals surface area contributed by atoms with Gasteiger partial charge in [-0.3, -0.25) is 0 Å². The van der Waals surface area contributed by atoms with Crippen LogP contribution in [0.15, 0.2) is 37.2 Å². The molecule has 6 heteroatoms. The van der Waals surface area contributed by atoms with Crippen LogP contribution in [0.25, 0.3) is 22.2 Å². The van der Waals surface area contributed by atoms with Crippen molar-refractivity contribution >= 4 is 22.2 Å².